The first-order valence-electron chi connectivity index (χ1n) is 7.08. The molecule has 0 radical (unpaired) electrons. The van der Waals surface area contributed by atoms with Crippen LogP contribution in [0.15, 0.2) is 58.4 Å². The number of aromatic nitrogens is 3. The van der Waals surface area contributed by atoms with Crippen LogP contribution < -0.4 is 5.32 Å². The van der Waals surface area contributed by atoms with Gasteiger partial charge in [-0.1, -0.05) is 29.4 Å². The molecule has 8 heteroatoms. The van der Waals surface area contributed by atoms with E-state index in [2.05, 4.69) is 20.5 Å². The lowest BCUT2D eigenvalue weighted by molar-refractivity contribution is -0.118. The van der Waals surface area contributed by atoms with E-state index in [1.54, 1.807) is 36.7 Å². The molecule has 0 saturated carbocycles. The molecular weight excluding hydrogens is 348 g/mol. The van der Waals surface area contributed by atoms with E-state index in [0.29, 0.717) is 22.7 Å². The summed E-state index contributed by atoms with van der Waals surface area (Å²) in [6.07, 6.45) is 3.40. The minimum Gasteiger partial charge on any atom is -0.411 e. The third-order valence-corrected chi connectivity index (χ3v) is 4.11. The highest BCUT2D eigenvalue weighted by atomic mass is 35.5. The SMILES string of the molecule is O=C(CSc1nnc(-c2ccc(Cl)cc2)o1)NCc1cccnc1. The number of benzene rings is 1. The number of amides is 1. The van der Waals surface area contributed by atoms with Crippen molar-refractivity contribution in [2.24, 2.45) is 0 Å². The molecule has 3 aromatic rings. The van der Waals surface area contributed by atoms with Gasteiger partial charge in [-0.15, -0.1) is 10.2 Å². The maximum Gasteiger partial charge on any atom is 0.277 e. The predicted octanol–water partition coefficient (Wildman–Crippen LogP) is 3.19. The zero-order chi connectivity index (χ0) is 16.8. The molecule has 0 unspecified atom stereocenters. The van der Waals surface area contributed by atoms with Crippen LogP contribution in [0.25, 0.3) is 11.5 Å². The topological polar surface area (TPSA) is 80.9 Å². The highest BCUT2D eigenvalue weighted by Crippen LogP contribution is 2.24. The molecule has 0 saturated heterocycles. The van der Waals surface area contributed by atoms with Crippen LogP contribution in [-0.2, 0) is 11.3 Å². The Morgan fingerprint density at radius 2 is 2.04 bits per heavy atom. The molecule has 0 aliphatic carbocycles. The van der Waals surface area contributed by atoms with E-state index in [1.807, 2.05) is 12.1 Å². The number of halogens is 1. The third kappa shape index (κ3) is 4.56. The lowest BCUT2D eigenvalue weighted by Crippen LogP contribution is -2.24. The zero-order valence-electron chi connectivity index (χ0n) is 12.5. The summed E-state index contributed by atoms with van der Waals surface area (Å²) in [5.41, 5.74) is 1.72. The van der Waals surface area contributed by atoms with Gasteiger partial charge in [0.15, 0.2) is 0 Å². The Hall–Kier alpha value is -2.38. The van der Waals surface area contributed by atoms with Crippen molar-refractivity contribution in [2.75, 3.05) is 5.75 Å². The number of carbonyl (C=O) groups is 1. The van der Waals surface area contributed by atoms with Crippen LogP contribution in [0.5, 0.6) is 0 Å². The summed E-state index contributed by atoms with van der Waals surface area (Å²) in [7, 11) is 0. The second-order valence-electron chi connectivity index (χ2n) is 4.81. The van der Waals surface area contributed by atoms with E-state index in [0.717, 1.165) is 11.1 Å². The van der Waals surface area contributed by atoms with Crippen LogP contribution >= 0.6 is 23.4 Å². The van der Waals surface area contributed by atoms with Crippen LogP contribution in [0.2, 0.25) is 5.02 Å². The molecule has 0 bridgehead atoms. The van der Waals surface area contributed by atoms with Crippen molar-refractivity contribution in [3.05, 3.63) is 59.4 Å². The fraction of sp³-hybridized carbons (Fsp3) is 0.125. The average Bonchev–Trinajstić information content (AvgIpc) is 3.09. The monoisotopic (exact) mass is 360 g/mol. The van der Waals surface area contributed by atoms with E-state index in [1.165, 1.54) is 11.8 Å². The molecule has 122 valence electrons. The highest BCUT2D eigenvalue weighted by molar-refractivity contribution is 7.99. The largest absolute Gasteiger partial charge is 0.411 e. The number of hydrogen-bond donors (Lipinski definition) is 1. The van der Waals surface area contributed by atoms with Gasteiger partial charge in [-0.05, 0) is 35.9 Å². The van der Waals surface area contributed by atoms with Crippen LogP contribution in [0.3, 0.4) is 0 Å². The quantitative estimate of drug-likeness (QED) is 0.680. The molecule has 0 aliphatic heterocycles. The summed E-state index contributed by atoms with van der Waals surface area (Å²) in [5.74, 6) is 0.475. The van der Waals surface area contributed by atoms with Crippen LogP contribution in [0.1, 0.15) is 5.56 Å². The van der Waals surface area contributed by atoms with Gasteiger partial charge in [-0.25, -0.2) is 0 Å². The third-order valence-electron chi connectivity index (χ3n) is 3.04. The molecule has 1 aromatic carbocycles. The van der Waals surface area contributed by atoms with E-state index >= 15 is 0 Å². The van der Waals surface area contributed by atoms with Gasteiger partial charge in [0.05, 0.1) is 5.75 Å². The van der Waals surface area contributed by atoms with E-state index in [9.17, 15) is 4.79 Å². The number of rotatable bonds is 6. The molecule has 0 atom stereocenters. The smallest absolute Gasteiger partial charge is 0.277 e. The number of carbonyl (C=O) groups excluding carboxylic acids is 1. The lowest BCUT2D eigenvalue weighted by atomic mass is 10.2. The summed E-state index contributed by atoms with van der Waals surface area (Å²) < 4.78 is 5.53. The predicted molar refractivity (Wildman–Crippen MR) is 91.6 cm³/mol. The number of hydrogen-bond acceptors (Lipinski definition) is 6. The Bertz CT molecular complexity index is 808. The van der Waals surface area contributed by atoms with Crippen molar-refractivity contribution in [2.45, 2.75) is 11.8 Å². The molecule has 1 N–H and O–H groups in total. The summed E-state index contributed by atoms with van der Waals surface area (Å²) in [4.78, 5) is 15.8. The maximum absolute atomic E-state index is 11.8. The second kappa shape index (κ2) is 7.94. The van der Waals surface area contributed by atoms with Crippen molar-refractivity contribution in [3.63, 3.8) is 0 Å². The lowest BCUT2D eigenvalue weighted by Gasteiger charge is -2.03. The van der Waals surface area contributed by atoms with Crippen LogP contribution in [0, 0.1) is 0 Å². The molecule has 0 fully saturated rings. The summed E-state index contributed by atoms with van der Waals surface area (Å²) >= 11 is 7.03. The van der Waals surface area contributed by atoms with Gasteiger partial charge in [-0.2, -0.15) is 0 Å². The number of thioether (sulfide) groups is 1. The number of nitrogens with zero attached hydrogens (tertiary/aromatic N) is 3. The van der Waals surface area contributed by atoms with Gasteiger partial charge in [0.1, 0.15) is 0 Å². The first kappa shape index (κ1) is 16.5. The Labute approximate surface area is 147 Å². The van der Waals surface area contributed by atoms with Crippen molar-refractivity contribution in [1.82, 2.24) is 20.5 Å². The molecule has 0 spiro atoms. The fourth-order valence-corrected chi connectivity index (χ4v) is 2.58. The van der Waals surface area contributed by atoms with Crippen LogP contribution in [0.4, 0.5) is 0 Å². The first-order valence-corrected chi connectivity index (χ1v) is 8.45. The minimum atomic E-state index is -0.116. The van der Waals surface area contributed by atoms with Crippen LogP contribution in [-0.4, -0.2) is 26.8 Å². The first-order chi connectivity index (χ1) is 11.7. The number of nitrogens with one attached hydrogen (secondary N) is 1. The molecule has 2 heterocycles. The van der Waals surface area contributed by atoms with Gasteiger partial charge >= 0.3 is 0 Å². The molecule has 1 amide bonds. The van der Waals surface area contributed by atoms with Crippen molar-refractivity contribution >= 4 is 29.3 Å². The fourth-order valence-electron chi connectivity index (χ4n) is 1.86. The molecular formula is C16H13ClN4O2S. The standard InChI is InChI=1S/C16H13ClN4O2S/c17-13-5-3-12(4-6-13)15-20-21-16(23-15)24-10-14(22)19-9-11-2-1-7-18-8-11/h1-8H,9-10H2,(H,19,22). The van der Waals surface area contributed by atoms with Gasteiger partial charge in [0.25, 0.3) is 5.22 Å². The van der Waals surface area contributed by atoms with Gasteiger partial charge in [-0.3, -0.25) is 9.78 Å². The second-order valence-corrected chi connectivity index (χ2v) is 6.17. The van der Waals surface area contributed by atoms with E-state index < -0.39 is 0 Å². The highest BCUT2D eigenvalue weighted by Gasteiger charge is 2.11. The number of pyridine rings is 1. The summed E-state index contributed by atoms with van der Waals surface area (Å²) in [6, 6.07) is 10.8. The Morgan fingerprint density at radius 1 is 1.21 bits per heavy atom. The van der Waals surface area contributed by atoms with Crippen molar-refractivity contribution in [1.29, 1.82) is 0 Å². The molecule has 24 heavy (non-hydrogen) atoms. The Morgan fingerprint density at radius 3 is 2.79 bits per heavy atom. The Kier molecular flexibility index (Phi) is 5.45. The van der Waals surface area contributed by atoms with Crippen molar-refractivity contribution in [3.8, 4) is 11.5 Å². The normalized spacial score (nSPS) is 10.5. The minimum absolute atomic E-state index is 0.116. The van der Waals surface area contributed by atoms with E-state index in [-0.39, 0.29) is 11.7 Å². The zero-order valence-corrected chi connectivity index (χ0v) is 14.0. The molecule has 3 rings (SSSR count). The molecule has 6 nitrogen and oxygen atoms in total. The average molecular weight is 361 g/mol. The van der Waals surface area contributed by atoms with Gasteiger partial charge in [0.2, 0.25) is 11.8 Å². The van der Waals surface area contributed by atoms with Gasteiger partial charge in [0, 0.05) is 29.5 Å². The van der Waals surface area contributed by atoms with Crippen molar-refractivity contribution < 1.29 is 9.21 Å². The summed E-state index contributed by atoms with van der Waals surface area (Å²) in [5, 5.41) is 11.7. The molecule has 0 aliphatic rings. The van der Waals surface area contributed by atoms with Gasteiger partial charge < -0.3 is 9.73 Å². The van der Waals surface area contributed by atoms with E-state index in [4.69, 9.17) is 16.0 Å². The summed E-state index contributed by atoms with van der Waals surface area (Å²) in [6.45, 7) is 0.438. The maximum atomic E-state index is 11.8. The molecule has 2 aromatic heterocycles. The Balaban J connectivity index is 1.50.